The van der Waals surface area contributed by atoms with Gasteiger partial charge in [0.15, 0.2) is 22.7 Å². The number of thiophene rings is 1. The zero-order chi connectivity index (χ0) is 23.8. The number of nitrogens with zero attached hydrogens (tertiary/aromatic N) is 7. The van der Waals surface area contributed by atoms with Crippen molar-refractivity contribution in [1.82, 2.24) is 39.8 Å². The van der Waals surface area contributed by atoms with Crippen molar-refractivity contribution < 1.29 is 15.0 Å². The van der Waals surface area contributed by atoms with Crippen LogP contribution in [-0.4, -0.2) is 70.8 Å². The lowest BCUT2D eigenvalue weighted by molar-refractivity contribution is -0.155. The Balaban J connectivity index is 1.45. The highest BCUT2D eigenvalue weighted by Crippen LogP contribution is 2.68. The zero-order valence-corrected chi connectivity index (χ0v) is 19.7. The summed E-state index contributed by atoms with van der Waals surface area (Å²) in [6, 6.07) is 3.63. The fourth-order valence-electron chi connectivity index (χ4n) is 5.06. The van der Waals surface area contributed by atoms with Crippen molar-refractivity contribution in [2.45, 2.75) is 24.7 Å². The summed E-state index contributed by atoms with van der Waals surface area (Å²) < 4.78 is 3.48. The molecule has 2 fully saturated rings. The molecule has 176 valence electrons. The lowest BCUT2D eigenvalue weighted by Gasteiger charge is -2.33. The molecule has 4 aromatic heterocycles. The molecule has 2 unspecified atom stereocenters. The van der Waals surface area contributed by atoms with Crippen LogP contribution in [0, 0.1) is 11.3 Å². The van der Waals surface area contributed by atoms with E-state index in [1.807, 2.05) is 6.07 Å². The topological polar surface area (TPSA) is 156 Å². The van der Waals surface area contributed by atoms with E-state index in [1.165, 1.54) is 34.0 Å². The molecule has 0 spiro atoms. The number of nitrogens with one attached hydrogen (secondary N) is 2. The van der Waals surface area contributed by atoms with Crippen molar-refractivity contribution in [3.05, 3.63) is 29.0 Å². The second-order valence-electron chi connectivity index (χ2n) is 8.57. The Morgan fingerprint density at radius 3 is 2.82 bits per heavy atom. The Labute approximate surface area is 201 Å². The number of imidazole rings is 1. The minimum absolute atomic E-state index is 0.134. The molecule has 0 aliphatic heterocycles. The molecular weight excluding hydrogens is 482 g/mol. The molecule has 4 heterocycles. The summed E-state index contributed by atoms with van der Waals surface area (Å²) in [4.78, 5) is 26.8. The number of anilines is 1. The van der Waals surface area contributed by atoms with Crippen LogP contribution in [-0.2, 0) is 10.5 Å². The second kappa shape index (κ2) is 7.18. The van der Waals surface area contributed by atoms with Gasteiger partial charge in [-0.25, -0.2) is 4.98 Å². The Morgan fingerprint density at radius 1 is 1.29 bits per heavy atom. The third-order valence-corrected chi connectivity index (χ3v) is 8.09. The van der Waals surface area contributed by atoms with Gasteiger partial charge >= 0.3 is 0 Å². The normalized spacial score (nSPS) is 27.7. The van der Waals surface area contributed by atoms with Gasteiger partial charge in [-0.3, -0.25) is 9.36 Å². The molecule has 0 aromatic carbocycles. The zero-order valence-electron chi connectivity index (χ0n) is 18.1. The Morgan fingerprint density at radius 2 is 2.12 bits per heavy atom. The molecule has 0 saturated heterocycles. The Kier molecular flexibility index (Phi) is 4.52. The summed E-state index contributed by atoms with van der Waals surface area (Å²) in [6.07, 6.45) is 2.50. The molecular formula is C20H20ClN9O3S. The molecule has 0 bridgehead atoms. The summed E-state index contributed by atoms with van der Waals surface area (Å²) >= 11 is 7.41. The van der Waals surface area contributed by atoms with Crippen molar-refractivity contribution >= 4 is 45.8 Å². The molecule has 6 rings (SSSR count). The lowest BCUT2D eigenvalue weighted by Crippen LogP contribution is -2.49. The van der Waals surface area contributed by atoms with E-state index < -0.39 is 17.2 Å². The van der Waals surface area contributed by atoms with E-state index in [4.69, 9.17) is 11.6 Å². The number of halogens is 1. The maximum absolute atomic E-state index is 12.5. The number of fused-ring (bicyclic) bond motifs is 2. The monoisotopic (exact) mass is 501 g/mol. The van der Waals surface area contributed by atoms with Gasteiger partial charge in [-0.1, -0.05) is 16.8 Å². The molecule has 4 aromatic rings. The molecule has 12 nitrogen and oxygen atoms in total. The second-order valence-corrected chi connectivity index (χ2v) is 10.3. The molecule has 4 N–H and O–H groups in total. The van der Waals surface area contributed by atoms with E-state index >= 15 is 0 Å². The number of aliphatic hydroxyl groups is 2. The first kappa shape index (κ1) is 21.4. The first-order valence-electron chi connectivity index (χ1n) is 10.6. The van der Waals surface area contributed by atoms with E-state index in [0.717, 1.165) is 4.88 Å². The molecule has 0 radical (unpaired) electrons. The number of carbonyl (C=O) groups is 1. The van der Waals surface area contributed by atoms with E-state index in [2.05, 4.69) is 35.9 Å². The van der Waals surface area contributed by atoms with Crippen LogP contribution in [0.3, 0.4) is 0 Å². The summed E-state index contributed by atoms with van der Waals surface area (Å²) in [6.45, 7) is 0. The van der Waals surface area contributed by atoms with E-state index in [9.17, 15) is 15.0 Å². The fraction of sp³-hybridized carbons (Fsp3) is 0.400. The van der Waals surface area contributed by atoms with Gasteiger partial charge in [0.1, 0.15) is 11.8 Å². The maximum Gasteiger partial charge on any atom is 0.256 e. The highest BCUT2D eigenvalue weighted by Gasteiger charge is 2.76. The molecule has 2 aliphatic rings. The lowest BCUT2D eigenvalue weighted by atomic mass is 9.94. The number of hydrogen-bond donors (Lipinski definition) is 4. The van der Waals surface area contributed by atoms with Crippen molar-refractivity contribution in [3.8, 4) is 16.5 Å². The van der Waals surface area contributed by atoms with Crippen LogP contribution >= 0.6 is 22.9 Å². The number of aliphatic hydroxyl groups excluding tert-OH is 1. The third-order valence-electron chi connectivity index (χ3n) is 6.84. The van der Waals surface area contributed by atoms with Crippen LogP contribution in [0.15, 0.2) is 24.7 Å². The van der Waals surface area contributed by atoms with E-state index in [0.29, 0.717) is 33.4 Å². The predicted octanol–water partition coefficient (Wildman–Crippen LogP) is 0.993. The number of rotatable bonds is 5. The first-order valence-corrected chi connectivity index (χ1v) is 11.8. The van der Waals surface area contributed by atoms with Crippen LogP contribution in [0.1, 0.15) is 12.8 Å². The number of hydrogen-bond acceptors (Lipinski definition) is 10. The largest absolute Gasteiger partial charge is 0.387 e. The van der Waals surface area contributed by atoms with E-state index in [1.54, 1.807) is 19.3 Å². The smallest absolute Gasteiger partial charge is 0.256 e. The van der Waals surface area contributed by atoms with Crippen molar-refractivity contribution in [3.63, 3.8) is 0 Å². The standard InChI is InChI=1S/C20H20ClN9O3S/c1-22-14-13-15(26-18(25-14)30-7-10(27-28-30)11-3-4-12(21)34-11)29(8-24-13)20(33)6-9-5-19(9,16(20)31)17(32)23-2/h3-4,7-9,16,31,33H,5-6H2,1-2H3,(H,23,32)(H,22,25,26)/t9?,16-,19?,20-/m1/s1. The van der Waals surface area contributed by atoms with Gasteiger partial charge in [-0.05, 0) is 24.5 Å². The highest BCUT2D eigenvalue weighted by atomic mass is 35.5. The minimum Gasteiger partial charge on any atom is -0.387 e. The Bertz CT molecular complexity index is 1450. The predicted molar refractivity (Wildman–Crippen MR) is 124 cm³/mol. The van der Waals surface area contributed by atoms with Crippen LogP contribution in [0.5, 0.6) is 0 Å². The summed E-state index contributed by atoms with van der Waals surface area (Å²) in [5.74, 6) is 0.199. The van der Waals surface area contributed by atoms with Crippen molar-refractivity contribution in [2.24, 2.45) is 11.3 Å². The van der Waals surface area contributed by atoms with Gasteiger partial charge in [0.2, 0.25) is 5.91 Å². The number of amides is 1. The van der Waals surface area contributed by atoms with Gasteiger partial charge in [0.25, 0.3) is 5.95 Å². The summed E-state index contributed by atoms with van der Waals surface area (Å²) in [5, 5.41) is 36.6. The van der Waals surface area contributed by atoms with Crippen LogP contribution < -0.4 is 10.6 Å². The summed E-state index contributed by atoms with van der Waals surface area (Å²) in [7, 11) is 3.22. The van der Waals surface area contributed by atoms with E-state index in [-0.39, 0.29) is 24.2 Å². The number of carbonyl (C=O) groups excluding carboxylic acids is 1. The molecule has 4 atom stereocenters. The van der Waals surface area contributed by atoms with Crippen LogP contribution in [0.25, 0.3) is 27.7 Å². The highest BCUT2D eigenvalue weighted by molar-refractivity contribution is 7.19. The molecule has 1 amide bonds. The molecule has 14 heteroatoms. The van der Waals surface area contributed by atoms with Gasteiger partial charge in [-0.2, -0.15) is 14.6 Å². The fourth-order valence-corrected chi connectivity index (χ4v) is 6.06. The Hall–Kier alpha value is -3.13. The van der Waals surface area contributed by atoms with Crippen molar-refractivity contribution in [2.75, 3.05) is 19.4 Å². The minimum atomic E-state index is -1.75. The van der Waals surface area contributed by atoms with Gasteiger partial charge in [0.05, 0.1) is 27.2 Å². The van der Waals surface area contributed by atoms with Crippen molar-refractivity contribution in [1.29, 1.82) is 0 Å². The average molecular weight is 502 g/mol. The summed E-state index contributed by atoms with van der Waals surface area (Å²) in [5.41, 5.74) is -1.45. The van der Waals surface area contributed by atoms with Crippen LogP contribution in [0.2, 0.25) is 4.34 Å². The quantitative estimate of drug-likeness (QED) is 0.313. The van der Waals surface area contributed by atoms with Crippen LogP contribution in [0.4, 0.5) is 5.82 Å². The maximum atomic E-state index is 12.5. The van der Waals surface area contributed by atoms with Gasteiger partial charge < -0.3 is 20.8 Å². The molecule has 2 aliphatic carbocycles. The van der Waals surface area contributed by atoms with Gasteiger partial charge in [-0.15, -0.1) is 16.4 Å². The average Bonchev–Trinajstić information content (AvgIpc) is 3.31. The number of aromatic nitrogens is 7. The third kappa shape index (κ3) is 2.78. The first-order chi connectivity index (χ1) is 16.3. The van der Waals surface area contributed by atoms with Gasteiger partial charge in [0, 0.05) is 20.5 Å². The SMILES string of the molecule is CNC(=O)C12CC1C[C@](O)(n1cnc3c(NC)nc(-n4cc(-c5ccc(Cl)s5)nn4)nc31)[C@@H]2O. The molecule has 34 heavy (non-hydrogen) atoms. The molecule has 2 saturated carbocycles.